The summed E-state index contributed by atoms with van der Waals surface area (Å²) in [6, 6.07) is 7.31. The van der Waals surface area contributed by atoms with Gasteiger partial charge in [-0.1, -0.05) is 18.2 Å². The van der Waals surface area contributed by atoms with Crippen molar-refractivity contribution in [2.24, 2.45) is 0 Å². The lowest BCUT2D eigenvalue weighted by atomic mass is 9.98. The number of hydrogen-bond donors (Lipinski definition) is 2. The van der Waals surface area contributed by atoms with E-state index in [9.17, 15) is 9.59 Å². The number of amides is 3. The van der Waals surface area contributed by atoms with E-state index in [0.717, 1.165) is 11.3 Å². The quantitative estimate of drug-likeness (QED) is 0.798. The zero-order chi connectivity index (χ0) is 13.8. The second-order valence-electron chi connectivity index (χ2n) is 4.39. The van der Waals surface area contributed by atoms with Gasteiger partial charge in [0.05, 0.1) is 6.04 Å². The Hall–Kier alpha value is -1.75. The van der Waals surface area contributed by atoms with Crippen LogP contribution in [0.15, 0.2) is 24.3 Å². The van der Waals surface area contributed by atoms with E-state index >= 15 is 0 Å². The molecule has 5 nitrogen and oxygen atoms in total. The normalized spacial score (nSPS) is 17.6. The maximum Gasteiger partial charge on any atom is 0.314 e. The van der Waals surface area contributed by atoms with E-state index in [4.69, 9.17) is 11.6 Å². The molecule has 1 heterocycles. The van der Waals surface area contributed by atoms with E-state index in [1.54, 1.807) is 11.9 Å². The number of rotatable bonds is 2. The maximum atomic E-state index is 11.9. The number of nitrogens with zero attached hydrogens (tertiary/aromatic N) is 1. The second-order valence-corrected chi connectivity index (χ2v) is 4.66. The highest BCUT2D eigenvalue weighted by molar-refractivity contribution is 6.29. The van der Waals surface area contributed by atoms with E-state index in [1.807, 2.05) is 24.3 Å². The van der Waals surface area contributed by atoms with Crippen LogP contribution in [0.3, 0.4) is 0 Å². The topological polar surface area (TPSA) is 61.4 Å². The van der Waals surface area contributed by atoms with E-state index in [1.165, 1.54) is 0 Å². The third-order valence-electron chi connectivity index (χ3n) is 3.13. The van der Waals surface area contributed by atoms with Crippen LogP contribution >= 0.6 is 11.6 Å². The van der Waals surface area contributed by atoms with Crippen LogP contribution in [0.1, 0.15) is 5.56 Å². The van der Waals surface area contributed by atoms with Crippen LogP contribution in [0.5, 0.6) is 0 Å². The predicted molar refractivity (Wildman–Crippen MR) is 74.6 cm³/mol. The average Bonchev–Trinajstić information content (AvgIpc) is 2.45. The highest BCUT2D eigenvalue weighted by atomic mass is 35.5. The van der Waals surface area contributed by atoms with Gasteiger partial charge in [-0.05, 0) is 18.1 Å². The molecule has 2 N–H and O–H groups in total. The first-order valence-corrected chi connectivity index (χ1v) is 6.61. The number of fused-ring (bicyclic) bond motifs is 1. The lowest BCUT2D eigenvalue weighted by Crippen LogP contribution is -2.52. The van der Waals surface area contributed by atoms with Crippen LogP contribution < -0.4 is 15.5 Å². The third kappa shape index (κ3) is 2.98. The molecule has 102 valence electrons. The van der Waals surface area contributed by atoms with Gasteiger partial charge >= 0.3 is 6.03 Å². The number of hydrogen-bond acceptors (Lipinski definition) is 2. The Morgan fingerprint density at radius 2 is 2.16 bits per heavy atom. The standard InChI is InChI=1S/C13H16ClN3O2/c1-15-13(19)16-10-6-9-4-2-3-5-11(9)17(8-10)12(18)7-14/h2-5,10H,6-8H2,1H3,(H2,15,16,19). The Labute approximate surface area is 116 Å². The van der Waals surface area contributed by atoms with Gasteiger partial charge < -0.3 is 15.5 Å². The summed E-state index contributed by atoms with van der Waals surface area (Å²) < 4.78 is 0. The molecule has 0 aromatic heterocycles. The van der Waals surface area contributed by atoms with Crippen LogP contribution in [0.25, 0.3) is 0 Å². The van der Waals surface area contributed by atoms with Crippen molar-refractivity contribution in [2.45, 2.75) is 12.5 Å². The van der Waals surface area contributed by atoms with E-state index in [-0.39, 0.29) is 23.9 Å². The van der Waals surface area contributed by atoms with Crippen molar-refractivity contribution in [3.05, 3.63) is 29.8 Å². The van der Waals surface area contributed by atoms with Crippen LogP contribution in [-0.2, 0) is 11.2 Å². The Balaban J connectivity index is 2.24. The SMILES string of the molecule is CNC(=O)NC1Cc2ccccc2N(C(=O)CCl)C1. The lowest BCUT2D eigenvalue weighted by Gasteiger charge is -2.34. The van der Waals surface area contributed by atoms with Crippen molar-refractivity contribution in [3.63, 3.8) is 0 Å². The van der Waals surface area contributed by atoms with Gasteiger partial charge in [0.1, 0.15) is 5.88 Å². The predicted octanol–water partition coefficient (Wildman–Crippen LogP) is 1.11. The number of carbonyl (C=O) groups is 2. The van der Waals surface area contributed by atoms with E-state index in [2.05, 4.69) is 10.6 Å². The minimum atomic E-state index is -0.248. The molecule has 1 aliphatic heterocycles. The molecule has 0 aliphatic carbocycles. The molecule has 1 aliphatic rings. The van der Waals surface area contributed by atoms with Crippen molar-refractivity contribution in [2.75, 3.05) is 24.4 Å². The highest BCUT2D eigenvalue weighted by Gasteiger charge is 2.28. The smallest absolute Gasteiger partial charge is 0.314 e. The number of para-hydroxylation sites is 1. The molecule has 1 unspecified atom stereocenters. The van der Waals surface area contributed by atoms with Gasteiger partial charge in [-0.15, -0.1) is 11.6 Å². The van der Waals surface area contributed by atoms with E-state index < -0.39 is 0 Å². The number of anilines is 1. The van der Waals surface area contributed by atoms with Crippen molar-refractivity contribution in [3.8, 4) is 0 Å². The molecule has 1 atom stereocenters. The Kier molecular flexibility index (Phi) is 4.27. The van der Waals surface area contributed by atoms with Crippen molar-refractivity contribution in [1.29, 1.82) is 0 Å². The van der Waals surface area contributed by atoms with Crippen LogP contribution in [-0.4, -0.2) is 37.5 Å². The Bertz CT molecular complexity index is 493. The van der Waals surface area contributed by atoms with Gasteiger partial charge in [-0.25, -0.2) is 4.79 Å². The molecule has 6 heteroatoms. The fourth-order valence-corrected chi connectivity index (χ4v) is 2.40. The first-order valence-electron chi connectivity index (χ1n) is 6.08. The fourth-order valence-electron chi connectivity index (χ4n) is 2.26. The molecular weight excluding hydrogens is 266 g/mol. The van der Waals surface area contributed by atoms with Crippen LogP contribution in [0.4, 0.5) is 10.5 Å². The summed E-state index contributed by atoms with van der Waals surface area (Å²) in [5.74, 6) is -0.223. The minimum Gasteiger partial charge on any atom is -0.341 e. The molecule has 0 bridgehead atoms. The number of carbonyl (C=O) groups excluding carboxylic acids is 2. The Morgan fingerprint density at radius 1 is 1.42 bits per heavy atom. The van der Waals surface area contributed by atoms with Gasteiger partial charge in [0.15, 0.2) is 0 Å². The number of halogens is 1. The summed E-state index contributed by atoms with van der Waals surface area (Å²) in [5.41, 5.74) is 1.91. The van der Waals surface area contributed by atoms with Gasteiger partial charge in [-0.3, -0.25) is 4.79 Å². The minimum absolute atomic E-state index is 0.0684. The molecule has 0 fully saturated rings. The van der Waals surface area contributed by atoms with Crippen molar-refractivity contribution in [1.82, 2.24) is 10.6 Å². The van der Waals surface area contributed by atoms with Crippen LogP contribution in [0, 0.1) is 0 Å². The molecule has 19 heavy (non-hydrogen) atoms. The first kappa shape index (κ1) is 13.7. The zero-order valence-corrected chi connectivity index (χ0v) is 11.4. The highest BCUT2D eigenvalue weighted by Crippen LogP contribution is 2.27. The first-order chi connectivity index (χ1) is 9.15. The summed E-state index contributed by atoms with van der Waals surface area (Å²) in [5, 5.41) is 5.35. The van der Waals surface area contributed by atoms with Gasteiger partial charge in [0, 0.05) is 19.3 Å². The maximum absolute atomic E-state index is 11.9. The summed E-state index contributed by atoms with van der Waals surface area (Å²) >= 11 is 5.64. The second kappa shape index (κ2) is 5.93. The molecule has 3 amide bonds. The molecule has 0 spiro atoms. The van der Waals surface area contributed by atoms with Gasteiger partial charge in [0.2, 0.25) is 5.91 Å². The molecule has 2 rings (SSSR count). The fraction of sp³-hybridized carbons (Fsp3) is 0.385. The number of benzene rings is 1. The molecule has 1 aromatic rings. The molecule has 0 radical (unpaired) electrons. The van der Waals surface area contributed by atoms with E-state index in [0.29, 0.717) is 13.0 Å². The average molecular weight is 282 g/mol. The largest absolute Gasteiger partial charge is 0.341 e. The summed E-state index contributed by atoms with van der Waals surface area (Å²) in [6.45, 7) is 0.440. The monoisotopic (exact) mass is 281 g/mol. The summed E-state index contributed by atoms with van der Waals surface area (Å²) in [6.07, 6.45) is 0.704. The molecular formula is C13H16ClN3O2. The Morgan fingerprint density at radius 3 is 2.84 bits per heavy atom. The molecule has 1 aromatic carbocycles. The number of urea groups is 1. The van der Waals surface area contributed by atoms with Crippen molar-refractivity contribution < 1.29 is 9.59 Å². The van der Waals surface area contributed by atoms with Gasteiger partial charge in [-0.2, -0.15) is 0 Å². The number of nitrogens with one attached hydrogen (secondary N) is 2. The summed E-state index contributed by atoms with van der Waals surface area (Å²) in [4.78, 5) is 24.9. The van der Waals surface area contributed by atoms with Gasteiger partial charge in [0.25, 0.3) is 0 Å². The lowest BCUT2D eigenvalue weighted by molar-refractivity contribution is -0.116. The zero-order valence-electron chi connectivity index (χ0n) is 10.6. The molecule has 0 saturated heterocycles. The van der Waals surface area contributed by atoms with Crippen molar-refractivity contribution >= 4 is 29.2 Å². The molecule has 0 saturated carbocycles. The van der Waals surface area contributed by atoms with Crippen LogP contribution in [0.2, 0.25) is 0 Å². The number of alkyl halides is 1. The summed E-state index contributed by atoms with van der Waals surface area (Å²) in [7, 11) is 1.56. The third-order valence-corrected chi connectivity index (χ3v) is 3.36.